The summed E-state index contributed by atoms with van der Waals surface area (Å²) in [7, 11) is 0. The summed E-state index contributed by atoms with van der Waals surface area (Å²) in [5.74, 6) is -1.43. The Morgan fingerprint density at radius 2 is 1.66 bits per heavy atom. The van der Waals surface area contributed by atoms with Crippen LogP contribution in [0.25, 0.3) is 0 Å². The van der Waals surface area contributed by atoms with E-state index in [4.69, 9.17) is 0 Å². The number of anilines is 1. The Balaban J connectivity index is 1.59. The zero-order valence-electron chi connectivity index (χ0n) is 15.7. The first-order valence-electron chi connectivity index (χ1n) is 9.18. The van der Waals surface area contributed by atoms with Gasteiger partial charge in [0.2, 0.25) is 5.91 Å². The van der Waals surface area contributed by atoms with Crippen molar-refractivity contribution in [1.82, 2.24) is 4.90 Å². The maximum Gasteiger partial charge on any atom is 0.416 e. The number of benzene rings is 2. The number of nitrogens with zero attached hydrogens (tertiary/aromatic N) is 1. The predicted octanol–water partition coefficient (Wildman–Crippen LogP) is 4.64. The van der Waals surface area contributed by atoms with E-state index < -0.39 is 23.5 Å². The van der Waals surface area contributed by atoms with Crippen molar-refractivity contribution in [2.45, 2.75) is 25.9 Å². The van der Waals surface area contributed by atoms with E-state index in [0.29, 0.717) is 31.5 Å². The van der Waals surface area contributed by atoms with Crippen molar-refractivity contribution in [1.29, 1.82) is 0 Å². The molecule has 2 amide bonds. The molecule has 29 heavy (non-hydrogen) atoms. The third-order valence-electron chi connectivity index (χ3n) is 5.05. The van der Waals surface area contributed by atoms with Gasteiger partial charge >= 0.3 is 6.18 Å². The molecule has 0 aliphatic carbocycles. The van der Waals surface area contributed by atoms with Gasteiger partial charge < -0.3 is 10.2 Å². The highest BCUT2D eigenvalue weighted by Gasteiger charge is 2.33. The second-order valence-corrected chi connectivity index (χ2v) is 7.09. The van der Waals surface area contributed by atoms with Gasteiger partial charge in [0.05, 0.1) is 5.56 Å². The van der Waals surface area contributed by atoms with Crippen LogP contribution in [-0.2, 0) is 11.0 Å². The van der Waals surface area contributed by atoms with E-state index in [9.17, 15) is 27.2 Å². The van der Waals surface area contributed by atoms with Gasteiger partial charge in [0, 0.05) is 30.3 Å². The monoisotopic (exact) mass is 408 g/mol. The van der Waals surface area contributed by atoms with Crippen LogP contribution in [0.3, 0.4) is 0 Å². The van der Waals surface area contributed by atoms with Crippen LogP contribution in [0.5, 0.6) is 0 Å². The fourth-order valence-corrected chi connectivity index (χ4v) is 3.37. The molecule has 1 heterocycles. The first-order valence-corrected chi connectivity index (χ1v) is 9.18. The lowest BCUT2D eigenvalue weighted by molar-refractivity contribution is -0.138. The maximum absolute atomic E-state index is 13.0. The molecule has 1 N–H and O–H groups in total. The molecule has 154 valence electrons. The van der Waals surface area contributed by atoms with Crippen molar-refractivity contribution >= 4 is 17.5 Å². The van der Waals surface area contributed by atoms with Crippen LogP contribution in [0, 0.1) is 18.7 Å². The molecule has 0 spiro atoms. The lowest BCUT2D eigenvalue weighted by Crippen LogP contribution is -2.41. The van der Waals surface area contributed by atoms with Crippen molar-refractivity contribution < 1.29 is 27.2 Å². The smallest absolute Gasteiger partial charge is 0.339 e. The number of likely N-dealkylation sites (tertiary alicyclic amines) is 1. The summed E-state index contributed by atoms with van der Waals surface area (Å²) in [6.45, 7) is 2.05. The maximum atomic E-state index is 13.0. The quantitative estimate of drug-likeness (QED) is 0.752. The van der Waals surface area contributed by atoms with Gasteiger partial charge in [0.15, 0.2) is 0 Å². The minimum absolute atomic E-state index is 0.0862. The summed E-state index contributed by atoms with van der Waals surface area (Å²) in [6.07, 6.45) is -3.69. The molecule has 0 aromatic heterocycles. The van der Waals surface area contributed by atoms with Crippen LogP contribution in [0.2, 0.25) is 0 Å². The fraction of sp³-hybridized carbons (Fsp3) is 0.333. The number of rotatable bonds is 3. The molecule has 1 saturated heterocycles. The summed E-state index contributed by atoms with van der Waals surface area (Å²) in [6, 6.07) is 8.94. The summed E-state index contributed by atoms with van der Waals surface area (Å²) >= 11 is 0. The van der Waals surface area contributed by atoms with Crippen molar-refractivity contribution in [3.8, 4) is 0 Å². The third-order valence-corrected chi connectivity index (χ3v) is 5.05. The lowest BCUT2D eigenvalue weighted by Gasteiger charge is -2.31. The van der Waals surface area contributed by atoms with E-state index in [1.165, 1.54) is 43.3 Å². The topological polar surface area (TPSA) is 49.4 Å². The molecule has 0 atom stereocenters. The molecule has 1 fully saturated rings. The van der Waals surface area contributed by atoms with Crippen LogP contribution in [0.1, 0.15) is 34.3 Å². The fourth-order valence-electron chi connectivity index (χ4n) is 3.37. The van der Waals surface area contributed by atoms with Crippen LogP contribution in [-0.4, -0.2) is 29.8 Å². The number of carbonyl (C=O) groups excluding carboxylic acids is 2. The minimum Gasteiger partial charge on any atom is -0.339 e. The normalized spacial score (nSPS) is 15.3. The summed E-state index contributed by atoms with van der Waals surface area (Å²) in [5.41, 5.74) is -0.232. The van der Waals surface area contributed by atoms with Gasteiger partial charge in [0.1, 0.15) is 5.82 Å². The number of piperidine rings is 1. The first-order chi connectivity index (χ1) is 13.6. The van der Waals surface area contributed by atoms with E-state index in [-0.39, 0.29) is 23.1 Å². The summed E-state index contributed by atoms with van der Waals surface area (Å²) in [5, 5.41) is 2.55. The highest BCUT2D eigenvalue weighted by molar-refractivity contribution is 5.95. The van der Waals surface area contributed by atoms with Gasteiger partial charge in [-0.05, 0) is 61.7 Å². The molecule has 0 unspecified atom stereocenters. The molecular weight excluding hydrogens is 388 g/mol. The van der Waals surface area contributed by atoms with Gasteiger partial charge in [-0.25, -0.2) is 4.39 Å². The molecule has 3 rings (SSSR count). The number of nitrogens with one attached hydrogen (secondary N) is 1. The number of halogens is 4. The van der Waals surface area contributed by atoms with Gasteiger partial charge in [-0.3, -0.25) is 9.59 Å². The number of hydrogen-bond donors (Lipinski definition) is 1. The number of aryl methyl sites for hydroxylation is 1. The van der Waals surface area contributed by atoms with Crippen molar-refractivity contribution in [2.24, 2.45) is 5.92 Å². The standard InChI is InChI=1S/C21H20F4N2O2/c1-13-2-7-17(12-18(13)21(23,24)25)26-19(28)14-8-10-27(11-9-14)20(29)15-3-5-16(22)6-4-15/h2-7,12,14H,8-11H2,1H3,(H,26,28). The second kappa shape index (κ2) is 8.23. The predicted molar refractivity (Wildman–Crippen MR) is 99.8 cm³/mol. The molecule has 0 radical (unpaired) electrons. The van der Waals surface area contributed by atoms with E-state index >= 15 is 0 Å². The molecular formula is C21H20F4N2O2. The molecule has 1 aliphatic heterocycles. The second-order valence-electron chi connectivity index (χ2n) is 7.09. The average Bonchev–Trinajstić information content (AvgIpc) is 2.68. The highest BCUT2D eigenvalue weighted by Crippen LogP contribution is 2.33. The Morgan fingerprint density at radius 1 is 1.03 bits per heavy atom. The lowest BCUT2D eigenvalue weighted by atomic mass is 9.95. The van der Waals surface area contributed by atoms with E-state index in [0.717, 1.165) is 6.07 Å². The zero-order valence-corrected chi connectivity index (χ0v) is 15.7. The Labute approximate surface area is 165 Å². The Bertz CT molecular complexity index is 902. The van der Waals surface area contributed by atoms with Crippen LogP contribution in [0.4, 0.5) is 23.2 Å². The van der Waals surface area contributed by atoms with Gasteiger partial charge in [-0.15, -0.1) is 0 Å². The highest BCUT2D eigenvalue weighted by atomic mass is 19.4. The molecule has 2 aromatic rings. The zero-order chi connectivity index (χ0) is 21.2. The van der Waals surface area contributed by atoms with E-state index in [2.05, 4.69) is 5.32 Å². The Kier molecular flexibility index (Phi) is 5.91. The van der Waals surface area contributed by atoms with Crippen molar-refractivity contribution in [2.75, 3.05) is 18.4 Å². The number of alkyl halides is 3. The summed E-state index contributed by atoms with van der Waals surface area (Å²) in [4.78, 5) is 26.5. The SMILES string of the molecule is Cc1ccc(NC(=O)C2CCN(C(=O)c3ccc(F)cc3)CC2)cc1C(F)(F)F. The first kappa shape index (κ1) is 20.8. The van der Waals surface area contributed by atoms with Gasteiger partial charge in [0.25, 0.3) is 5.91 Å². The number of amides is 2. The Morgan fingerprint density at radius 3 is 2.24 bits per heavy atom. The molecule has 2 aromatic carbocycles. The summed E-state index contributed by atoms with van der Waals surface area (Å²) < 4.78 is 52.1. The van der Waals surface area contributed by atoms with Crippen LogP contribution >= 0.6 is 0 Å². The minimum atomic E-state index is -4.49. The van der Waals surface area contributed by atoms with Crippen LogP contribution < -0.4 is 5.32 Å². The molecule has 1 aliphatic rings. The van der Waals surface area contributed by atoms with Crippen molar-refractivity contribution in [3.63, 3.8) is 0 Å². The van der Waals surface area contributed by atoms with Crippen molar-refractivity contribution in [3.05, 3.63) is 65.0 Å². The average molecular weight is 408 g/mol. The van der Waals surface area contributed by atoms with E-state index in [1.807, 2.05) is 0 Å². The third kappa shape index (κ3) is 4.93. The number of hydrogen-bond acceptors (Lipinski definition) is 2. The van der Waals surface area contributed by atoms with Gasteiger partial charge in [-0.2, -0.15) is 13.2 Å². The van der Waals surface area contributed by atoms with Crippen LogP contribution in [0.15, 0.2) is 42.5 Å². The Hall–Kier alpha value is -2.90. The number of carbonyl (C=O) groups is 2. The molecule has 0 bridgehead atoms. The molecule has 8 heteroatoms. The molecule has 4 nitrogen and oxygen atoms in total. The van der Waals surface area contributed by atoms with Gasteiger partial charge in [-0.1, -0.05) is 6.07 Å². The largest absolute Gasteiger partial charge is 0.416 e. The van der Waals surface area contributed by atoms with E-state index in [1.54, 1.807) is 4.90 Å². The molecule has 0 saturated carbocycles.